The number of carbonyl (C=O) groups excluding carboxylic acids is 1. The summed E-state index contributed by atoms with van der Waals surface area (Å²) in [6, 6.07) is 7.83. The highest BCUT2D eigenvalue weighted by molar-refractivity contribution is 5.76. The Hall–Kier alpha value is -1.68. The average Bonchev–Trinajstić information content (AvgIpc) is 2.87. The number of amides is 1. The summed E-state index contributed by atoms with van der Waals surface area (Å²) >= 11 is 0. The normalized spacial score (nSPS) is 26.0. The van der Waals surface area contributed by atoms with Crippen LogP contribution in [0.15, 0.2) is 36.9 Å². The van der Waals surface area contributed by atoms with E-state index in [-0.39, 0.29) is 11.7 Å². The summed E-state index contributed by atoms with van der Waals surface area (Å²) in [5.41, 5.74) is 0.563. The van der Waals surface area contributed by atoms with Crippen molar-refractivity contribution in [2.45, 2.75) is 50.7 Å². The highest BCUT2D eigenvalue weighted by atomic mass is 19.1. The summed E-state index contributed by atoms with van der Waals surface area (Å²) in [5.74, 6) is 0.308. The Morgan fingerprint density at radius 1 is 1.30 bits per heavy atom. The summed E-state index contributed by atoms with van der Waals surface area (Å²) in [4.78, 5) is 14.4. The van der Waals surface area contributed by atoms with Crippen molar-refractivity contribution in [2.75, 3.05) is 6.54 Å². The zero-order valence-electron chi connectivity index (χ0n) is 13.5. The highest BCUT2D eigenvalue weighted by Gasteiger charge is 2.34. The first-order chi connectivity index (χ1) is 11.2. The van der Waals surface area contributed by atoms with Gasteiger partial charge in [-0.15, -0.1) is 6.58 Å². The Balaban J connectivity index is 1.62. The van der Waals surface area contributed by atoms with Crippen LogP contribution < -0.4 is 5.32 Å². The lowest BCUT2D eigenvalue weighted by atomic mass is 9.89. The molecule has 0 aromatic heterocycles. The van der Waals surface area contributed by atoms with Gasteiger partial charge in [-0.25, -0.2) is 4.39 Å². The number of piperidine rings is 1. The van der Waals surface area contributed by atoms with Gasteiger partial charge in [0.2, 0.25) is 5.91 Å². The molecule has 124 valence electrons. The molecule has 2 atom stereocenters. The van der Waals surface area contributed by atoms with E-state index in [1.54, 1.807) is 29.2 Å². The van der Waals surface area contributed by atoms with E-state index >= 15 is 0 Å². The Bertz CT molecular complexity index is 562. The molecule has 2 bridgehead atoms. The third-order valence-corrected chi connectivity index (χ3v) is 5.06. The van der Waals surface area contributed by atoms with Crippen molar-refractivity contribution < 1.29 is 9.18 Å². The van der Waals surface area contributed by atoms with Crippen molar-refractivity contribution in [2.24, 2.45) is 5.92 Å². The van der Waals surface area contributed by atoms with Crippen LogP contribution in [0.5, 0.6) is 0 Å². The molecular formula is C19H25FN2O. The van der Waals surface area contributed by atoms with Crippen LogP contribution in [0.2, 0.25) is 0 Å². The second-order valence-corrected chi connectivity index (χ2v) is 6.83. The quantitative estimate of drug-likeness (QED) is 0.817. The Morgan fingerprint density at radius 3 is 2.65 bits per heavy atom. The van der Waals surface area contributed by atoms with Gasteiger partial charge < -0.3 is 10.2 Å². The number of halogens is 1. The first-order valence-corrected chi connectivity index (χ1v) is 8.54. The topological polar surface area (TPSA) is 32.3 Å². The molecule has 4 heteroatoms. The lowest BCUT2D eigenvalue weighted by Gasteiger charge is -2.30. The Kier molecular flexibility index (Phi) is 5.11. The third-order valence-electron chi connectivity index (χ3n) is 5.06. The fraction of sp³-hybridized carbons (Fsp3) is 0.526. The molecule has 23 heavy (non-hydrogen) atoms. The molecule has 3 rings (SSSR count). The minimum Gasteiger partial charge on any atom is -0.335 e. The van der Waals surface area contributed by atoms with E-state index in [9.17, 15) is 9.18 Å². The molecule has 0 saturated carbocycles. The number of carbonyl (C=O) groups is 1. The second kappa shape index (κ2) is 7.26. The predicted molar refractivity (Wildman–Crippen MR) is 89.3 cm³/mol. The van der Waals surface area contributed by atoms with Crippen LogP contribution in [0.1, 0.15) is 37.7 Å². The molecule has 2 aliphatic heterocycles. The highest BCUT2D eigenvalue weighted by Crippen LogP contribution is 2.33. The number of rotatable bonds is 6. The molecule has 2 aliphatic rings. The maximum Gasteiger partial charge on any atom is 0.223 e. The van der Waals surface area contributed by atoms with Crippen molar-refractivity contribution in [3.05, 3.63) is 48.3 Å². The van der Waals surface area contributed by atoms with E-state index in [1.807, 2.05) is 0 Å². The van der Waals surface area contributed by atoms with Gasteiger partial charge in [-0.2, -0.15) is 0 Å². The minimum atomic E-state index is -0.255. The fourth-order valence-corrected chi connectivity index (χ4v) is 3.96. The largest absolute Gasteiger partial charge is 0.335 e. The number of nitrogens with one attached hydrogen (secondary N) is 1. The summed E-state index contributed by atoms with van der Waals surface area (Å²) in [6.45, 7) is 4.51. The van der Waals surface area contributed by atoms with Gasteiger partial charge in [-0.3, -0.25) is 4.79 Å². The number of benzene rings is 1. The second-order valence-electron chi connectivity index (χ2n) is 6.83. The Morgan fingerprint density at radius 2 is 2.00 bits per heavy atom. The van der Waals surface area contributed by atoms with E-state index in [4.69, 9.17) is 0 Å². The lowest BCUT2D eigenvalue weighted by Crippen LogP contribution is -2.40. The molecule has 1 N–H and O–H groups in total. The van der Waals surface area contributed by atoms with Crippen LogP contribution in [0.4, 0.5) is 4.39 Å². The van der Waals surface area contributed by atoms with Gasteiger partial charge in [0.15, 0.2) is 0 Å². The van der Waals surface area contributed by atoms with Crippen LogP contribution >= 0.6 is 0 Å². The molecule has 2 saturated heterocycles. The van der Waals surface area contributed by atoms with Gasteiger partial charge in [0, 0.05) is 37.2 Å². The van der Waals surface area contributed by atoms with Crippen molar-refractivity contribution in [1.29, 1.82) is 0 Å². The fourth-order valence-electron chi connectivity index (χ4n) is 3.96. The molecule has 1 amide bonds. The molecule has 2 unspecified atom stereocenters. The summed E-state index contributed by atoms with van der Waals surface area (Å²) in [5, 5.41) is 3.60. The van der Waals surface area contributed by atoms with Gasteiger partial charge in [0.05, 0.1) is 0 Å². The van der Waals surface area contributed by atoms with E-state index in [0.29, 0.717) is 43.1 Å². The lowest BCUT2D eigenvalue weighted by molar-refractivity contribution is -0.132. The van der Waals surface area contributed by atoms with Crippen molar-refractivity contribution in [1.82, 2.24) is 10.2 Å². The zero-order valence-corrected chi connectivity index (χ0v) is 13.5. The predicted octanol–water partition coefficient (Wildman–Crippen LogP) is 3.26. The van der Waals surface area contributed by atoms with Crippen LogP contribution in [-0.2, 0) is 11.3 Å². The first kappa shape index (κ1) is 16.2. The van der Waals surface area contributed by atoms with Crippen LogP contribution in [0.3, 0.4) is 0 Å². The van der Waals surface area contributed by atoms with Crippen LogP contribution in [0.25, 0.3) is 0 Å². The maximum atomic E-state index is 13.9. The molecule has 3 nitrogen and oxygen atoms in total. The monoisotopic (exact) mass is 316 g/mol. The van der Waals surface area contributed by atoms with Gasteiger partial charge in [0.25, 0.3) is 0 Å². The molecular weight excluding hydrogens is 291 g/mol. The van der Waals surface area contributed by atoms with Crippen LogP contribution in [-0.4, -0.2) is 29.4 Å². The molecule has 2 fully saturated rings. The van der Waals surface area contributed by atoms with E-state index < -0.39 is 0 Å². The summed E-state index contributed by atoms with van der Waals surface area (Å²) in [7, 11) is 0. The first-order valence-electron chi connectivity index (χ1n) is 8.54. The van der Waals surface area contributed by atoms with E-state index in [2.05, 4.69) is 11.9 Å². The SMILES string of the molecule is C=CCN(Cc1ccccc1F)C(=O)CC1CC2CCC(C1)N2. The van der Waals surface area contributed by atoms with Gasteiger partial charge in [0.1, 0.15) is 5.82 Å². The average molecular weight is 316 g/mol. The van der Waals surface area contributed by atoms with Crippen molar-refractivity contribution in [3.8, 4) is 0 Å². The number of hydrogen-bond donors (Lipinski definition) is 1. The molecule has 0 spiro atoms. The molecule has 0 aliphatic carbocycles. The smallest absolute Gasteiger partial charge is 0.223 e. The van der Waals surface area contributed by atoms with E-state index in [0.717, 1.165) is 12.8 Å². The summed E-state index contributed by atoms with van der Waals surface area (Å²) in [6.07, 6.45) is 6.93. The molecule has 1 aromatic carbocycles. The molecule has 1 aromatic rings. The zero-order chi connectivity index (χ0) is 16.2. The van der Waals surface area contributed by atoms with Crippen molar-refractivity contribution in [3.63, 3.8) is 0 Å². The van der Waals surface area contributed by atoms with Gasteiger partial charge in [-0.05, 0) is 37.7 Å². The van der Waals surface area contributed by atoms with E-state index in [1.165, 1.54) is 18.9 Å². The minimum absolute atomic E-state index is 0.111. The van der Waals surface area contributed by atoms with Gasteiger partial charge in [-0.1, -0.05) is 24.3 Å². The standard InChI is InChI=1S/C19H25FN2O/c1-2-9-22(13-15-5-3-4-6-18(15)20)19(23)12-14-10-16-7-8-17(11-14)21-16/h2-6,14,16-17,21H,1,7-13H2. The molecule has 0 radical (unpaired) electrons. The van der Waals surface area contributed by atoms with Crippen LogP contribution in [0, 0.1) is 11.7 Å². The summed E-state index contributed by atoms with van der Waals surface area (Å²) < 4.78 is 13.9. The van der Waals surface area contributed by atoms with Crippen molar-refractivity contribution >= 4 is 5.91 Å². The molecule has 2 heterocycles. The number of fused-ring (bicyclic) bond motifs is 2. The maximum absolute atomic E-state index is 13.9. The third kappa shape index (κ3) is 3.99. The number of hydrogen-bond acceptors (Lipinski definition) is 2. The van der Waals surface area contributed by atoms with Gasteiger partial charge >= 0.3 is 0 Å². The Labute approximate surface area is 137 Å². The number of nitrogens with zero attached hydrogens (tertiary/aromatic N) is 1.